The molecule has 0 aliphatic rings. The minimum atomic E-state index is -0.957. The third kappa shape index (κ3) is 5.42. The molecule has 1 atom stereocenters. The van der Waals surface area contributed by atoms with E-state index in [0.29, 0.717) is 18.2 Å². The second-order valence-corrected chi connectivity index (χ2v) is 6.93. The highest BCUT2D eigenvalue weighted by atomic mass is 16.5. The number of anilines is 1. The van der Waals surface area contributed by atoms with Gasteiger partial charge >= 0.3 is 5.97 Å². The summed E-state index contributed by atoms with van der Waals surface area (Å²) in [4.78, 5) is 39.0. The van der Waals surface area contributed by atoms with Crippen molar-refractivity contribution in [3.63, 3.8) is 0 Å². The lowest BCUT2D eigenvalue weighted by Gasteiger charge is -2.19. The maximum Gasteiger partial charge on any atom is 0.339 e. The molecule has 6 heteroatoms. The number of hydrogen-bond acceptors (Lipinski definition) is 4. The molecule has 1 N–H and O–H groups in total. The van der Waals surface area contributed by atoms with E-state index in [1.807, 2.05) is 32.0 Å². The Labute approximate surface area is 165 Å². The van der Waals surface area contributed by atoms with Crippen LogP contribution >= 0.6 is 0 Å². The van der Waals surface area contributed by atoms with Gasteiger partial charge in [-0.1, -0.05) is 44.2 Å². The van der Waals surface area contributed by atoms with Crippen LogP contribution < -0.4 is 10.2 Å². The number of para-hydroxylation sites is 1. The molecule has 0 spiro atoms. The molecule has 0 saturated heterocycles. The number of amides is 2. The first-order valence-corrected chi connectivity index (χ1v) is 9.22. The zero-order chi connectivity index (χ0) is 20.7. The van der Waals surface area contributed by atoms with Crippen molar-refractivity contribution >= 4 is 23.5 Å². The molecule has 0 aliphatic heterocycles. The molecule has 0 bridgehead atoms. The van der Waals surface area contributed by atoms with Crippen molar-refractivity contribution in [1.29, 1.82) is 0 Å². The molecule has 2 aromatic carbocycles. The lowest BCUT2D eigenvalue weighted by Crippen LogP contribution is -2.38. The number of ether oxygens (including phenoxy) is 1. The highest BCUT2D eigenvalue weighted by Crippen LogP contribution is 2.18. The van der Waals surface area contributed by atoms with Gasteiger partial charge in [-0.2, -0.15) is 0 Å². The Bertz CT molecular complexity index is 833. The predicted octanol–water partition coefficient (Wildman–Crippen LogP) is 3.28. The van der Waals surface area contributed by atoms with Crippen LogP contribution in [0.4, 0.5) is 5.69 Å². The van der Waals surface area contributed by atoms with Crippen LogP contribution in [-0.2, 0) is 9.53 Å². The van der Waals surface area contributed by atoms with Crippen LogP contribution in [0.25, 0.3) is 0 Å². The summed E-state index contributed by atoms with van der Waals surface area (Å²) in [6, 6.07) is 15.6. The van der Waals surface area contributed by atoms with E-state index < -0.39 is 12.1 Å². The van der Waals surface area contributed by atoms with Crippen LogP contribution in [0.3, 0.4) is 0 Å². The van der Waals surface area contributed by atoms with Gasteiger partial charge < -0.3 is 15.0 Å². The van der Waals surface area contributed by atoms with Gasteiger partial charge in [0.2, 0.25) is 0 Å². The predicted molar refractivity (Wildman–Crippen MR) is 108 cm³/mol. The minimum Gasteiger partial charge on any atom is -0.449 e. The van der Waals surface area contributed by atoms with Crippen LogP contribution in [0.5, 0.6) is 0 Å². The molecule has 0 heterocycles. The van der Waals surface area contributed by atoms with E-state index >= 15 is 0 Å². The van der Waals surface area contributed by atoms with Gasteiger partial charge in [0, 0.05) is 19.3 Å². The van der Waals surface area contributed by atoms with Crippen LogP contribution in [0.15, 0.2) is 54.6 Å². The third-order valence-corrected chi connectivity index (χ3v) is 4.16. The van der Waals surface area contributed by atoms with Crippen molar-refractivity contribution in [3.8, 4) is 0 Å². The van der Waals surface area contributed by atoms with E-state index in [2.05, 4.69) is 5.32 Å². The number of nitrogens with zero attached hydrogens (tertiary/aromatic N) is 1. The van der Waals surface area contributed by atoms with Crippen molar-refractivity contribution in [2.75, 3.05) is 18.5 Å². The highest BCUT2D eigenvalue weighted by Gasteiger charge is 2.24. The van der Waals surface area contributed by atoms with Crippen molar-refractivity contribution in [2.24, 2.45) is 5.92 Å². The molecule has 0 aromatic heterocycles. The Morgan fingerprint density at radius 3 is 2.11 bits per heavy atom. The second-order valence-electron chi connectivity index (χ2n) is 6.93. The molecule has 0 radical (unpaired) electrons. The summed E-state index contributed by atoms with van der Waals surface area (Å²) in [7, 11) is 1.64. The summed E-state index contributed by atoms with van der Waals surface area (Å²) in [5, 5.41) is 2.72. The molecule has 0 aliphatic carbocycles. The molecule has 28 heavy (non-hydrogen) atoms. The average molecular weight is 382 g/mol. The zero-order valence-electron chi connectivity index (χ0n) is 16.6. The van der Waals surface area contributed by atoms with E-state index in [0.717, 1.165) is 0 Å². The largest absolute Gasteiger partial charge is 0.449 e. The number of benzene rings is 2. The minimum absolute atomic E-state index is 0.124. The molecular weight excluding hydrogens is 356 g/mol. The number of hydrogen-bond donors (Lipinski definition) is 1. The quantitative estimate of drug-likeness (QED) is 0.746. The Kier molecular flexibility index (Phi) is 7.32. The second kappa shape index (κ2) is 9.69. The average Bonchev–Trinajstić information content (AvgIpc) is 2.71. The van der Waals surface area contributed by atoms with Crippen LogP contribution in [0.1, 0.15) is 41.5 Å². The number of rotatable bonds is 7. The Morgan fingerprint density at radius 1 is 0.929 bits per heavy atom. The lowest BCUT2D eigenvalue weighted by atomic mass is 10.1. The Morgan fingerprint density at radius 2 is 1.50 bits per heavy atom. The SMILES string of the molecule is CC(C)CNC(=O)C(C)OC(=O)c1ccccc1C(=O)N(C)c1ccccc1. The number of esters is 1. The molecule has 2 amide bonds. The maximum atomic E-state index is 12.9. The summed E-state index contributed by atoms with van der Waals surface area (Å²) >= 11 is 0. The molecule has 6 nitrogen and oxygen atoms in total. The van der Waals surface area contributed by atoms with E-state index in [4.69, 9.17) is 4.74 Å². The summed E-state index contributed by atoms with van der Waals surface area (Å²) in [5.74, 6) is -1.13. The molecule has 0 saturated carbocycles. The Balaban J connectivity index is 2.15. The molecule has 2 rings (SSSR count). The fraction of sp³-hybridized carbons (Fsp3) is 0.318. The van der Waals surface area contributed by atoms with Crippen molar-refractivity contribution < 1.29 is 19.1 Å². The van der Waals surface area contributed by atoms with Gasteiger partial charge in [-0.3, -0.25) is 9.59 Å². The van der Waals surface area contributed by atoms with Crippen molar-refractivity contribution in [2.45, 2.75) is 26.9 Å². The maximum absolute atomic E-state index is 12.9. The zero-order valence-corrected chi connectivity index (χ0v) is 16.6. The van der Waals surface area contributed by atoms with Crippen LogP contribution in [0.2, 0.25) is 0 Å². The van der Waals surface area contributed by atoms with Gasteiger partial charge in [-0.05, 0) is 37.1 Å². The highest BCUT2D eigenvalue weighted by molar-refractivity contribution is 6.12. The molecular formula is C22H26N2O4. The van der Waals surface area contributed by atoms with Gasteiger partial charge in [0.25, 0.3) is 11.8 Å². The molecule has 148 valence electrons. The summed E-state index contributed by atoms with van der Waals surface area (Å²) in [6.07, 6.45) is -0.957. The standard InChI is InChI=1S/C22H26N2O4/c1-15(2)14-23-20(25)16(3)28-22(27)19-13-9-8-12-18(19)21(26)24(4)17-10-6-5-7-11-17/h5-13,15-16H,14H2,1-4H3,(H,23,25). The first kappa shape index (κ1) is 21.2. The fourth-order valence-electron chi connectivity index (χ4n) is 2.52. The molecule has 1 unspecified atom stereocenters. The first-order valence-electron chi connectivity index (χ1n) is 9.22. The Hall–Kier alpha value is -3.15. The summed E-state index contributed by atoms with van der Waals surface area (Å²) in [6.45, 7) is 5.95. The van der Waals surface area contributed by atoms with Crippen molar-refractivity contribution in [3.05, 3.63) is 65.7 Å². The van der Waals surface area contributed by atoms with Gasteiger partial charge in [-0.25, -0.2) is 4.79 Å². The topological polar surface area (TPSA) is 75.7 Å². The number of nitrogens with one attached hydrogen (secondary N) is 1. The van der Waals surface area contributed by atoms with E-state index in [9.17, 15) is 14.4 Å². The first-order chi connectivity index (χ1) is 13.3. The van der Waals surface area contributed by atoms with Gasteiger partial charge in [0.15, 0.2) is 6.10 Å². The van der Waals surface area contributed by atoms with Crippen LogP contribution in [-0.4, -0.2) is 37.5 Å². The lowest BCUT2D eigenvalue weighted by molar-refractivity contribution is -0.129. The molecule has 2 aromatic rings. The number of carbonyl (C=O) groups is 3. The van der Waals surface area contributed by atoms with Gasteiger partial charge in [-0.15, -0.1) is 0 Å². The number of carbonyl (C=O) groups excluding carboxylic acids is 3. The fourth-order valence-corrected chi connectivity index (χ4v) is 2.52. The monoisotopic (exact) mass is 382 g/mol. The molecule has 0 fully saturated rings. The normalized spacial score (nSPS) is 11.6. The summed E-state index contributed by atoms with van der Waals surface area (Å²) < 4.78 is 5.29. The smallest absolute Gasteiger partial charge is 0.339 e. The van der Waals surface area contributed by atoms with E-state index in [1.54, 1.807) is 37.4 Å². The van der Waals surface area contributed by atoms with E-state index in [-0.39, 0.29) is 22.9 Å². The van der Waals surface area contributed by atoms with Gasteiger partial charge in [0.1, 0.15) is 0 Å². The van der Waals surface area contributed by atoms with E-state index in [1.165, 1.54) is 17.9 Å². The van der Waals surface area contributed by atoms with Crippen LogP contribution in [0, 0.1) is 5.92 Å². The summed E-state index contributed by atoms with van der Waals surface area (Å²) in [5.41, 5.74) is 1.05. The third-order valence-electron chi connectivity index (χ3n) is 4.16. The van der Waals surface area contributed by atoms with Crippen molar-refractivity contribution in [1.82, 2.24) is 5.32 Å². The van der Waals surface area contributed by atoms with Gasteiger partial charge in [0.05, 0.1) is 11.1 Å².